The van der Waals surface area contributed by atoms with Crippen LogP contribution in [0.3, 0.4) is 0 Å². The Morgan fingerprint density at radius 1 is 0.468 bits per heavy atom. The first-order valence-electron chi connectivity index (χ1n) is 17.0. The molecule has 9 heteroatoms. The van der Waals surface area contributed by atoms with Gasteiger partial charge in [0, 0.05) is 0 Å². The van der Waals surface area contributed by atoms with Crippen molar-refractivity contribution in [2.45, 2.75) is 126 Å². The summed E-state index contributed by atoms with van der Waals surface area (Å²) in [6.07, 6.45) is 18.7. The molecule has 0 aliphatic carbocycles. The second kappa shape index (κ2) is 21.5. The quantitative estimate of drug-likeness (QED) is 0.0578. The van der Waals surface area contributed by atoms with E-state index in [1.54, 1.807) is 36.4 Å². The van der Waals surface area contributed by atoms with Crippen molar-refractivity contribution in [3.05, 3.63) is 83.9 Å². The van der Waals surface area contributed by atoms with Crippen LogP contribution < -0.4 is 0 Å². The second-order valence-corrected chi connectivity index (χ2v) is 15.0. The van der Waals surface area contributed by atoms with Gasteiger partial charge in [-0.05, 0) is 70.5 Å². The molecule has 4 rings (SSSR count). The summed E-state index contributed by atoms with van der Waals surface area (Å²) in [5.74, 6) is 0. The van der Waals surface area contributed by atoms with E-state index in [-0.39, 0.29) is 47.5 Å². The van der Waals surface area contributed by atoms with Crippen LogP contribution in [0.25, 0.3) is 21.5 Å². The molecule has 0 aromatic heterocycles. The van der Waals surface area contributed by atoms with Crippen molar-refractivity contribution in [1.82, 2.24) is 0 Å². The Morgan fingerprint density at radius 3 is 1.13 bits per heavy atom. The van der Waals surface area contributed by atoms with Crippen molar-refractivity contribution in [2.24, 2.45) is 0 Å². The minimum Gasteiger partial charge on any atom is -0.744 e. The van der Waals surface area contributed by atoms with Crippen LogP contribution in [0.4, 0.5) is 0 Å². The molecule has 47 heavy (non-hydrogen) atoms. The molecule has 0 spiro atoms. The van der Waals surface area contributed by atoms with Crippen LogP contribution in [0.5, 0.6) is 0 Å². The van der Waals surface area contributed by atoms with Gasteiger partial charge in [0.25, 0.3) is 0 Å². The molecule has 0 aliphatic heterocycles. The third-order valence-corrected chi connectivity index (χ3v) is 10.2. The van der Waals surface area contributed by atoms with E-state index in [0.29, 0.717) is 10.8 Å². The third kappa shape index (κ3) is 14.5. The number of hydrogen-bond donors (Lipinski definition) is 0. The van der Waals surface area contributed by atoms with Gasteiger partial charge < -0.3 is 9.11 Å². The van der Waals surface area contributed by atoms with Crippen molar-refractivity contribution in [3.63, 3.8) is 0 Å². The Balaban J connectivity index is 0.000000320. The number of aryl methyl sites for hydroxylation is 2. The fourth-order valence-corrected chi connectivity index (χ4v) is 7.45. The summed E-state index contributed by atoms with van der Waals surface area (Å²) in [5, 5.41) is 2.68. The molecule has 0 bridgehead atoms. The molecule has 0 atom stereocenters. The number of benzene rings is 4. The zero-order chi connectivity index (χ0) is 33.4. The molecule has 0 saturated carbocycles. The molecular weight excluding hydrogens is 657 g/mol. The van der Waals surface area contributed by atoms with Gasteiger partial charge in [0.1, 0.15) is 20.2 Å². The van der Waals surface area contributed by atoms with Crippen LogP contribution in [0, 0.1) is 0 Å². The van der Waals surface area contributed by atoms with E-state index in [9.17, 15) is 25.9 Å². The predicted molar refractivity (Wildman–Crippen MR) is 193 cm³/mol. The average Bonchev–Trinajstić information content (AvgIpc) is 3.02. The van der Waals surface area contributed by atoms with Crippen molar-refractivity contribution < 1.29 is 25.9 Å². The first-order chi connectivity index (χ1) is 22.0. The van der Waals surface area contributed by atoms with Gasteiger partial charge in [-0.3, -0.25) is 0 Å². The van der Waals surface area contributed by atoms with Crippen molar-refractivity contribution in [1.29, 1.82) is 0 Å². The number of unbranched alkanes of at least 4 members (excludes halogenated alkanes) is 12. The summed E-state index contributed by atoms with van der Waals surface area (Å²) < 4.78 is 69.1. The molecule has 0 saturated heterocycles. The molecule has 0 radical (unpaired) electrons. The van der Waals surface area contributed by atoms with Gasteiger partial charge in [-0.2, -0.15) is 0 Å². The van der Waals surface area contributed by atoms with E-state index in [2.05, 4.69) is 13.8 Å². The predicted octanol–water partition coefficient (Wildman–Crippen LogP) is 9.69. The molecule has 0 heterocycles. The van der Waals surface area contributed by atoms with Crippen LogP contribution in [0.2, 0.25) is 0 Å². The van der Waals surface area contributed by atoms with Crippen LogP contribution in [0.15, 0.2) is 82.6 Å². The summed E-state index contributed by atoms with van der Waals surface area (Å²) in [6, 6.07) is 21.5. The van der Waals surface area contributed by atoms with Crippen LogP contribution in [-0.2, 0) is 33.1 Å². The molecule has 252 valence electrons. The topological polar surface area (TPSA) is 114 Å². The molecule has 0 amide bonds. The molecule has 6 nitrogen and oxygen atoms in total. The van der Waals surface area contributed by atoms with Gasteiger partial charge in [0.05, 0.1) is 9.79 Å². The first-order valence-corrected chi connectivity index (χ1v) is 19.8. The van der Waals surface area contributed by atoms with Gasteiger partial charge in [0.2, 0.25) is 0 Å². The van der Waals surface area contributed by atoms with Crippen LogP contribution >= 0.6 is 0 Å². The van der Waals surface area contributed by atoms with Gasteiger partial charge in [-0.25, -0.2) is 16.8 Å². The van der Waals surface area contributed by atoms with E-state index < -0.39 is 20.2 Å². The molecule has 0 fully saturated rings. The zero-order valence-electron chi connectivity index (χ0n) is 28.2. The molecule has 0 N–H and O–H groups in total. The third-order valence-electron chi connectivity index (χ3n) is 8.44. The van der Waals surface area contributed by atoms with E-state index in [4.69, 9.17) is 0 Å². The Hall–Kier alpha value is -1.52. The van der Waals surface area contributed by atoms with Gasteiger partial charge in [-0.1, -0.05) is 152 Å². The van der Waals surface area contributed by atoms with Crippen LogP contribution in [-0.4, -0.2) is 63.7 Å². The maximum Gasteiger partial charge on any atom is 2.00 e. The summed E-state index contributed by atoms with van der Waals surface area (Å²) in [6.45, 7) is 4.42. The molecular formula is C38H50CaO6S2. The second-order valence-electron chi connectivity index (χ2n) is 12.3. The van der Waals surface area contributed by atoms with E-state index in [1.807, 2.05) is 36.4 Å². The summed E-state index contributed by atoms with van der Waals surface area (Å²) >= 11 is 0. The average molecular weight is 707 g/mol. The number of fused-ring (bicyclic) bond motifs is 2. The van der Waals surface area contributed by atoms with Crippen LogP contribution in [0.1, 0.15) is 115 Å². The smallest absolute Gasteiger partial charge is 0.744 e. The first kappa shape index (κ1) is 41.7. The largest absolute Gasteiger partial charge is 2.00 e. The van der Waals surface area contributed by atoms with Crippen molar-refractivity contribution in [3.8, 4) is 0 Å². The maximum atomic E-state index is 11.5. The van der Waals surface area contributed by atoms with Gasteiger partial charge >= 0.3 is 37.7 Å². The zero-order valence-corrected chi connectivity index (χ0v) is 32.1. The van der Waals surface area contributed by atoms with Gasteiger partial charge in [-0.15, -0.1) is 0 Å². The molecule has 4 aromatic rings. The summed E-state index contributed by atoms with van der Waals surface area (Å²) in [5.41, 5.74) is 1.87. The Labute approximate surface area is 313 Å². The monoisotopic (exact) mass is 706 g/mol. The fourth-order valence-electron chi connectivity index (χ4n) is 5.94. The Bertz CT molecular complexity index is 1610. The van der Waals surface area contributed by atoms with E-state index in [1.165, 1.54) is 64.2 Å². The number of hydrogen-bond acceptors (Lipinski definition) is 6. The minimum atomic E-state index is -4.45. The van der Waals surface area contributed by atoms with Crippen molar-refractivity contribution in [2.75, 3.05) is 0 Å². The summed E-state index contributed by atoms with van der Waals surface area (Å²) in [7, 11) is -8.89. The Kier molecular flexibility index (Phi) is 19.1. The number of rotatable bonds is 18. The van der Waals surface area contributed by atoms with E-state index in [0.717, 1.165) is 60.4 Å². The molecule has 0 aliphatic rings. The fraction of sp³-hybridized carbons (Fsp3) is 0.474. The summed E-state index contributed by atoms with van der Waals surface area (Å²) in [4.78, 5) is -0.179. The minimum absolute atomic E-state index is 0. The van der Waals surface area contributed by atoms with E-state index >= 15 is 0 Å². The van der Waals surface area contributed by atoms with Gasteiger partial charge in [0.15, 0.2) is 0 Å². The molecule has 4 aromatic carbocycles. The normalized spacial score (nSPS) is 11.7. The standard InChI is InChI=1S/2C19H26O3S.Ca/c2*1-2-3-4-5-6-7-8-11-16-14-17-12-9-10-13-18(17)19(15-16)23(20,21)22;/h2*9-10,12-15H,2-8,11H2,1H3,(H,20,21,22);/q;;+2/p-2. The molecule has 0 unspecified atom stereocenters. The SMILES string of the molecule is CCCCCCCCCc1cc(S(=O)(=O)[O-])c2ccccc2c1.CCCCCCCCCc1cc(S(=O)(=O)[O-])c2ccccc2c1.[Ca+2]. The maximum absolute atomic E-state index is 11.5. The van der Waals surface area contributed by atoms with Crippen molar-refractivity contribution >= 4 is 79.5 Å². The Morgan fingerprint density at radius 2 is 0.787 bits per heavy atom.